The van der Waals surface area contributed by atoms with Gasteiger partial charge in [0.15, 0.2) is 0 Å². The number of nitrogens with zero attached hydrogens (tertiary/aromatic N) is 2. The van der Waals surface area contributed by atoms with E-state index in [1.54, 1.807) is 0 Å². The van der Waals surface area contributed by atoms with Gasteiger partial charge in [-0.15, -0.1) is 0 Å². The summed E-state index contributed by atoms with van der Waals surface area (Å²) in [7, 11) is 0. The van der Waals surface area contributed by atoms with Crippen molar-refractivity contribution >= 4 is 45.2 Å². The van der Waals surface area contributed by atoms with Crippen LogP contribution in [0.1, 0.15) is 22.3 Å². The number of rotatable bonds is 19. The van der Waals surface area contributed by atoms with E-state index in [1.165, 1.54) is 117 Å². The van der Waals surface area contributed by atoms with Crippen LogP contribution in [0, 0.1) is 0 Å². The Kier molecular flexibility index (Phi) is 27.5. The second kappa shape index (κ2) is 41.8. The van der Waals surface area contributed by atoms with Crippen LogP contribution in [-0.4, -0.2) is 9.97 Å². The van der Waals surface area contributed by atoms with Gasteiger partial charge in [-0.1, -0.05) is 443 Å². The van der Waals surface area contributed by atoms with Crippen molar-refractivity contribution in [2.75, 3.05) is 16.0 Å². The molecular weight excluding hydrogens is 1490 g/mol. The molecule has 0 saturated heterocycles. The number of para-hydroxylation sites is 2. The Morgan fingerprint density at radius 3 is 0.943 bits per heavy atom. The zero-order chi connectivity index (χ0) is 83.1. The molecule has 0 unspecified atom stereocenters. The molecule has 20 aromatic rings. The van der Waals surface area contributed by atoms with Crippen molar-refractivity contribution in [2.45, 2.75) is 12.8 Å². The van der Waals surface area contributed by atoms with Crippen LogP contribution in [0.5, 0.6) is 0 Å². The second-order valence-corrected chi connectivity index (χ2v) is 29.9. The summed E-state index contributed by atoms with van der Waals surface area (Å²) >= 11 is 0. The normalized spacial score (nSPS) is 10.5. The molecule has 1 aromatic heterocycles. The van der Waals surface area contributed by atoms with Crippen molar-refractivity contribution in [2.24, 2.45) is 0 Å². The van der Waals surface area contributed by atoms with Crippen LogP contribution in [0.2, 0.25) is 0 Å². The molecule has 590 valence electrons. The summed E-state index contributed by atoms with van der Waals surface area (Å²) in [5.41, 5.74) is 32.8. The highest BCUT2D eigenvalue weighted by Gasteiger charge is 2.13. The highest BCUT2D eigenvalue weighted by Crippen LogP contribution is 2.38. The van der Waals surface area contributed by atoms with Gasteiger partial charge in [-0.2, -0.15) is 0 Å². The summed E-state index contributed by atoms with van der Waals surface area (Å²) in [5, 5.41) is 12.6. The Balaban J connectivity index is 0.000000114. The van der Waals surface area contributed by atoms with E-state index in [2.05, 4.69) is 457 Å². The highest BCUT2D eigenvalue weighted by molar-refractivity contribution is 5.95. The fourth-order valence-corrected chi connectivity index (χ4v) is 15.1. The molecule has 1 heterocycles. The van der Waals surface area contributed by atoms with Gasteiger partial charge < -0.3 is 16.0 Å². The molecule has 0 amide bonds. The summed E-state index contributed by atoms with van der Waals surface area (Å²) in [6, 6.07) is 178. The minimum absolute atomic E-state index is 0.598. The summed E-state index contributed by atoms with van der Waals surface area (Å²) < 4.78 is 0. The standard InChI is InChI=1S/2C25H20.2C24H19N.C20H15N3/c1-4-10-20(11-5-1)16-21-17-24(22-12-6-2-7-13-22)19-25(18-21)23-14-8-3-9-15-23;1-3-8-20(9-4-1)18-21-14-16-23(17-15-21)25-13-7-12-24(19-25)22-10-5-2-6-11-22;1-4-10-19(11-5-1)23-17-16-22(25-21-14-8-3-9-15-21)18-24(23)20-12-6-2-7-13-20;1-3-9-19(10-4-1)23-13-7-8-14-24(23)20-15-17-22(18-16-20)25-21-11-5-2-6-12-21;1-2-7-15(8-3-1)17-13-21-20(22-14-17)23-19-12-6-10-16-9-4-5-11-18(16)19/h1-15,17-19H,16H2;1-17,19H,18H2;2*1-18,25H;1-14H,(H,21,22,23). The van der Waals surface area contributed by atoms with Crippen LogP contribution in [0.3, 0.4) is 0 Å². The lowest BCUT2D eigenvalue weighted by Gasteiger charge is -2.14. The Morgan fingerprint density at radius 2 is 0.463 bits per heavy atom. The van der Waals surface area contributed by atoms with Gasteiger partial charge in [0.2, 0.25) is 5.95 Å². The minimum Gasteiger partial charge on any atom is -0.356 e. The van der Waals surface area contributed by atoms with Gasteiger partial charge in [-0.3, -0.25) is 0 Å². The maximum absolute atomic E-state index is 4.43. The van der Waals surface area contributed by atoms with Crippen LogP contribution >= 0.6 is 0 Å². The molecule has 5 heteroatoms. The number of benzene rings is 19. The topological polar surface area (TPSA) is 61.9 Å². The first-order valence-electron chi connectivity index (χ1n) is 41.8. The van der Waals surface area contributed by atoms with Crippen LogP contribution in [0.4, 0.5) is 34.4 Å². The smallest absolute Gasteiger partial charge is 0.227 e. The van der Waals surface area contributed by atoms with Gasteiger partial charge >= 0.3 is 0 Å². The van der Waals surface area contributed by atoms with Gasteiger partial charge in [0.05, 0.1) is 0 Å². The van der Waals surface area contributed by atoms with Crippen molar-refractivity contribution in [3.63, 3.8) is 0 Å². The lowest BCUT2D eigenvalue weighted by Crippen LogP contribution is -1.97. The van der Waals surface area contributed by atoms with Gasteiger partial charge in [-0.05, 0) is 202 Å². The van der Waals surface area contributed by atoms with Gasteiger partial charge in [0.1, 0.15) is 0 Å². The van der Waals surface area contributed by atoms with E-state index in [0.717, 1.165) is 57.8 Å². The molecule has 3 N–H and O–H groups in total. The zero-order valence-electron chi connectivity index (χ0n) is 68.5. The molecule has 123 heavy (non-hydrogen) atoms. The average Bonchev–Trinajstić information content (AvgIpc) is 0.806. The molecular formula is C118H93N5. The Hall–Kier alpha value is -16.1. The molecule has 0 bridgehead atoms. The van der Waals surface area contributed by atoms with Crippen molar-refractivity contribution in [1.82, 2.24) is 9.97 Å². The van der Waals surface area contributed by atoms with Crippen LogP contribution in [0.25, 0.3) is 111 Å². The molecule has 19 aromatic carbocycles. The SMILES string of the molecule is c1ccc(-c2cnc(Nc3cccc4ccccc34)nc2)cc1.c1ccc(Cc2cc(-c3ccccc3)cc(-c3ccccc3)c2)cc1.c1ccc(Cc2ccc(-c3cccc(-c4ccccc4)c3)cc2)cc1.c1ccc(Nc2ccc(-c3ccccc3)c(-c3ccccc3)c2)cc1.c1ccc(Nc2ccc(-c3ccccc3-c3ccccc3)cc2)cc1. The fraction of sp³-hybridized carbons (Fsp3) is 0.0169. The van der Waals surface area contributed by atoms with Crippen molar-refractivity contribution in [3.05, 3.63) is 544 Å². The van der Waals surface area contributed by atoms with Gasteiger partial charge in [0.25, 0.3) is 0 Å². The van der Waals surface area contributed by atoms with E-state index < -0.39 is 0 Å². The Morgan fingerprint density at radius 1 is 0.163 bits per heavy atom. The van der Waals surface area contributed by atoms with Crippen LogP contribution < -0.4 is 16.0 Å². The fourth-order valence-electron chi connectivity index (χ4n) is 15.1. The predicted molar refractivity (Wildman–Crippen MR) is 522 cm³/mol. The van der Waals surface area contributed by atoms with Crippen molar-refractivity contribution in [1.29, 1.82) is 0 Å². The first-order chi connectivity index (χ1) is 61.0. The lowest BCUT2D eigenvalue weighted by atomic mass is 9.93. The van der Waals surface area contributed by atoms with Crippen LogP contribution in [0.15, 0.2) is 522 Å². The van der Waals surface area contributed by atoms with E-state index in [4.69, 9.17) is 0 Å². The third-order valence-corrected chi connectivity index (χ3v) is 21.3. The maximum atomic E-state index is 4.43. The monoisotopic (exact) mass is 1580 g/mol. The predicted octanol–water partition coefficient (Wildman–Crippen LogP) is 31.8. The van der Waals surface area contributed by atoms with E-state index in [9.17, 15) is 0 Å². The average molecular weight is 1580 g/mol. The van der Waals surface area contributed by atoms with Crippen molar-refractivity contribution < 1.29 is 0 Å². The van der Waals surface area contributed by atoms with E-state index in [1.807, 2.05) is 91.3 Å². The third-order valence-electron chi connectivity index (χ3n) is 21.3. The molecule has 20 rings (SSSR count). The lowest BCUT2D eigenvalue weighted by molar-refractivity contribution is 1.17. The molecule has 0 radical (unpaired) electrons. The van der Waals surface area contributed by atoms with E-state index >= 15 is 0 Å². The first-order valence-corrected chi connectivity index (χ1v) is 41.8. The summed E-state index contributed by atoms with van der Waals surface area (Å²) in [5.74, 6) is 0.598. The molecule has 0 aliphatic heterocycles. The minimum atomic E-state index is 0.598. The molecule has 0 fully saturated rings. The van der Waals surface area contributed by atoms with Crippen molar-refractivity contribution in [3.8, 4) is 100 Å². The van der Waals surface area contributed by atoms with Crippen LogP contribution in [-0.2, 0) is 12.8 Å². The highest BCUT2D eigenvalue weighted by atomic mass is 15.1. The van der Waals surface area contributed by atoms with E-state index in [0.29, 0.717) is 5.95 Å². The van der Waals surface area contributed by atoms with E-state index in [-0.39, 0.29) is 0 Å². The number of nitrogens with one attached hydrogen (secondary N) is 3. The molecule has 0 atom stereocenters. The maximum Gasteiger partial charge on any atom is 0.227 e. The summed E-state index contributed by atoms with van der Waals surface area (Å²) in [6.45, 7) is 0. The number of hydrogen-bond acceptors (Lipinski definition) is 5. The Bertz CT molecular complexity index is 6530. The molecule has 0 aliphatic carbocycles. The number of anilines is 6. The third kappa shape index (κ3) is 22.6. The number of aromatic nitrogens is 2. The molecule has 5 nitrogen and oxygen atoms in total. The Labute approximate surface area is 723 Å². The van der Waals surface area contributed by atoms with Gasteiger partial charge in [-0.25, -0.2) is 9.97 Å². The number of fused-ring (bicyclic) bond motifs is 1. The zero-order valence-corrected chi connectivity index (χ0v) is 68.5. The van der Waals surface area contributed by atoms with Gasteiger partial charge in [0, 0.05) is 51.8 Å². The quantitative estimate of drug-likeness (QED) is 0.0753. The molecule has 0 aliphatic rings. The summed E-state index contributed by atoms with van der Waals surface area (Å²) in [6.07, 6.45) is 5.61. The molecule has 0 spiro atoms. The summed E-state index contributed by atoms with van der Waals surface area (Å²) in [4.78, 5) is 8.87. The largest absolute Gasteiger partial charge is 0.356 e. The first kappa shape index (κ1) is 80.7. The molecule has 0 saturated carbocycles. The number of hydrogen-bond donors (Lipinski definition) is 3. The second-order valence-electron chi connectivity index (χ2n) is 29.9.